The van der Waals surface area contributed by atoms with Gasteiger partial charge in [-0.05, 0) is 55.6 Å². The van der Waals surface area contributed by atoms with Crippen LogP contribution >= 0.6 is 0 Å². The first-order chi connectivity index (χ1) is 18.1. The van der Waals surface area contributed by atoms with Crippen LogP contribution in [0, 0.1) is 0 Å². The van der Waals surface area contributed by atoms with Crippen molar-refractivity contribution in [2.45, 2.75) is 0 Å². The number of aromatic nitrogens is 2. The number of aromatic amines is 1. The first kappa shape index (κ1) is 23.5. The fraction of sp³-hybridized carbons (Fsp3) is 0.310. The number of morpholine rings is 1. The van der Waals surface area contributed by atoms with Gasteiger partial charge >= 0.3 is 0 Å². The van der Waals surface area contributed by atoms with Gasteiger partial charge in [0.15, 0.2) is 0 Å². The molecule has 0 atom stereocenters. The highest BCUT2D eigenvalue weighted by molar-refractivity contribution is 6.07. The van der Waals surface area contributed by atoms with E-state index in [1.807, 2.05) is 42.7 Å². The number of nitrogens with one attached hydrogen (secondary N) is 2. The van der Waals surface area contributed by atoms with E-state index in [2.05, 4.69) is 61.3 Å². The second-order valence-corrected chi connectivity index (χ2v) is 9.76. The molecule has 2 N–H and O–H groups in total. The number of amides is 1. The maximum Gasteiger partial charge on any atom is 0.255 e. The number of hydrogen-bond donors (Lipinski definition) is 2. The first-order valence-electron chi connectivity index (χ1n) is 12.9. The molecule has 190 valence electrons. The van der Waals surface area contributed by atoms with E-state index in [9.17, 15) is 4.79 Å². The minimum atomic E-state index is -0.123. The molecule has 4 heterocycles. The zero-order valence-electron chi connectivity index (χ0n) is 21.1. The summed E-state index contributed by atoms with van der Waals surface area (Å²) in [7, 11) is 2.16. The van der Waals surface area contributed by atoms with Crippen LogP contribution in [-0.2, 0) is 4.74 Å². The number of benzene rings is 2. The van der Waals surface area contributed by atoms with Crippen molar-refractivity contribution in [2.75, 3.05) is 74.6 Å². The molecule has 4 aromatic rings. The van der Waals surface area contributed by atoms with Crippen LogP contribution in [0.15, 0.2) is 67.0 Å². The van der Waals surface area contributed by atoms with Gasteiger partial charge in [0.25, 0.3) is 5.91 Å². The Bertz CT molecular complexity index is 1370. The van der Waals surface area contributed by atoms with Gasteiger partial charge in [-0.15, -0.1) is 0 Å². The predicted molar refractivity (Wildman–Crippen MR) is 149 cm³/mol. The molecule has 6 rings (SSSR count). The van der Waals surface area contributed by atoms with Crippen molar-refractivity contribution in [3.05, 3.63) is 72.6 Å². The number of hydrogen-bond acceptors (Lipinski definition) is 6. The van der Waals surface area contributed by atoms with E-state index in [0.29, 0.717) is 5.56 Å². The van der Waals surface area contributed by atoms with Gasteiger partial charge in [-0.25, -0.2) is 4.98 Å². The van der Waals surface area contributed by atoms with Crippen LogP contribution < -0.4 is 15.1 Å². The van der Waals surface area contributed by atoms with Gasteiger partial charge in [0, 0.05) is 90.6 Å². The molecular formula is C29H32N6O2. The van der Waals surface area contributed by atoms with Gasteiger partial charge in [-0.3, -0.25) is 4.79 Å². The number of carbonyl (C=O) groups excluding carboxylic acids is 1. The molecule has 2 aliphatic heterocycles. The normalized spacial score (nSPS) is 16.8. The van der Waals surface area contributed by atoms with Crippen molar-refractivity contribution in [2.24, 2.45) is 0 Å². The Hall–Kier alpha value is -3.88. The molecule has 0 unspecified atom stereocenters. The molecule has 2 fully saturated rings. The van der Waals surface area contributed by atoms with Crippen LogP contribution in [0.5, 0.6) is 0 Å². The van der Waals surface area contributed by atoms with Gasteiger partial charge < -0.3 is 29.7 Å². The van der Waals surface area contributed by atoms with Crippen molar-refractivity contribution in [1.29, 1.82) is 0 Å². The highest BCUT2D eigenvalue weighted by Crippen LogP contribution is 2.30. The molecule has 0 radical (unpaired) electrons. The molecule has 8 heteroatoms. The van der Waals surface area contributed by atoms with Crippen molar-refractivity contribution in [3.63, 3.8) is 0 Å². The zero-order chi connectivity index (χ0) is 25.2. The smallest absolute Gasteiger partial charge is 0.255 e. The SMILES string of the molecule is CN1CCN(c2ccc(NC(=O)c3ccc4c(-c5ccc(N6CCOCC6)nc5)c[nH]c4c3)cc2)CC1. The zero-order valence-corrected chi connectivity index (χ0v) is 21.1. The lowest BCUT2D eigenvalue weighted by atomic mass is 10.0. The van der Waals surface area contributed by atoms with Gasteiger partial charge in [-0.2, -0.15) is 0 Å². The average Bonchev–Trinajstić information content (AvgIpc) is 3.38. The fourth-order valence-corrected chi connectivity index (χ4v) is 5.05. The molecule has 2 aromatic carbocycles. The van der Waals surface area contributed by atoms with Gasteiger partial charge in [0.05, 0.1) is 13.2 Å². The average molecular weight is 497 g/mol. The molecule has 2 saturated heterocycles. The Morgan fingerprint density at radius 2 is 1.70 bits per heavy atom. The van der Waals surface area contributed by atoms with Crippen molar-refractivity contribution in [3.8, 4) is 11.1 Å². The minimum absolute atomic E-state index is 0.123. The Morgan fingerprint density at radius 1 is 0.919 bits per heavy atom. The maximum atomic E-state index is 13.0. The Labute approximate surface area is 216 Å². The molecule has 8 nitrogen and oxygen atoms in total. The summed E-state index contributed by atoms with van der Waals surface area (Å²) in [4.78, 5) is 28.0. The predicted octanol–water partition coefficient (Wildman–Crippen LogP) is 4.07. The Balaban J connectivity index is 1.14. The number of ether oxygens (including phenoxy) is 1. The molecule has 0 spiro atoms. The molecule has 2 aromatic heterocycles. The quantitative estimate of drug-likeness (QED) is 0.434. The van der Waals surface area contributed by atoms with Gasteiger partial charge in [0.1, 0.15) is 5.82 Å². The number of pyridine rings is 1. The second kappa shape index (κ2) is 10.2. The molecule has 2 aliphatic rings. The summed E-state index contributed by atoms with van der Waals surface area (Å²) in [5.41, 5.74) is 5.64. The third-order valence-corrected chi connectivity index (χ3v) is 7.33. The van der Waals surface area contributed by atoms with E-state index in [4.69, 9.17) is 4.74 Å². The summed E-state index contributed by atoms with van der Waals surface area (Å²) in [5.74, 6) is 0.851. The second-order valence-electron chi connectivity index (χ2n) is 9.76. The summed E-state index contributed by atoms with van der Waals surface area (Å²) >= 11 is 0. The fourth-order valence-electron chi connectivity index (χ4n) is 5.05. The summed E-state index contributed by atoms with van der Waals surface area (Å²) in [6.07, 6.45) is 3.90. The number of rotatable bonds is 5. The van der Waals surface area contributed by atoms with Crippen LogP contribution in [0.4, 0.5) is 17.2 Å². The van der Waals surface area contributed by atoms with Crippen LogP contribution in [0.2, 0.25) is 0 Å². The number of likely N-dealkylation sites (N-methyl/N-ethyl adjacent to an activating group) is 1. The van der Waals surface area contributed by atoms with Crippen LogP contribution in [0.1, 0.15) is 10.4 Å². The number of anilines is 3. The number of fused-ring (bicyclic) bond motifs is 1. The molecular weight excluding hydrogens is 464 g/mol. The molecule has 0 aliphatic carbocycles. The lowest BCUT2D eigenvalue weighted by Gasteiger charge is -2.34. The largest absolute Gasteiger partial charge is 0.378 e. The van der Waals surface area contributed by atoms with Crippen molar-refractivity contribution < 1.29 is 9.53 Å². The lowest BCUT2D eigenvalue weighted by Crippen LogP contribution is -2.44. The molecule has 37 heavy (non-hydrogen) atoms. The van der Waals surface area contributed by atoms with Crippen LogP contribution in [0.3, 0.4) is 0 Å². The third kappa shape index (κ3) is 5.03. The van der Waals surface area contributed by atoms with E-state index in [1.54, 1.807) is 0 Å². The maximum absolute atomic E-state index is 13.0. The van der Waals surface area contributed by atoms with E-state index < -0.39 is 0 Å². The molecule has 0 saturated carbocycles. The van der Waals surface area contributed by atoms with E-state index in [1.165, 1.54) is 5.69 Å². The summed E-state index contributed by atoms with van der Waals surface area (Å²) in [6, 6.07) is 18.1. The van der Waals surface area contributed by atoms with Gasteiger partial charge in [0.2, 0.25) is 0 Å². The summed E-state index contributed by atoms with van der Waals surface area (Å²) in [6.45, 7) is 7.39. The van der Waals surface area contributed by atoms with Crippen molar-refractivity contribution >= 4 is 34.0 Å². The topological polar surface area (TPSA) is 76.7 Å². The highest BCUT2D eigenvalue weighted by atomic mass is 16.5. The minimum Gasteiger partial charge on any atom is -0.378 e. The van der Waals surface area contributed by atoms with Crippen LogP contribution in [0.25, 0.3) is 22.0 Å². The standard InChI is InChI=1S/C29H32N6O2/c1-33-10-12-34(13-11-33)24-6-4-23(5-7-24)32-29(36)21-2-8-25-26(20-30-27(25)18-21)22-3-9-28(31-19-22)35-14-16-37-17-15-35/h2-9,18-20,30H,10-17H2,1H3,(H,32,36). The Kier molecular flexibility index (Phi) is 6.51. The number of nitrogens with zero attached hydrogens (tertiary/aromatic N) is 4. The van der Waals surface area contributed by atoms with Crippen LogP contribution in [-0.4, -0.2) is 80.3 Å². The Morgan fingerprint density at radius 3 is 2.43 bits per heavy atom. The van der Waals surface area contributed by atoms with E-state index >= 15 is 0 Å². The number of carbonyl (C=O) groups is 1. The van der Waals surface area contributed by atoms with Gasteiger partial charge in [-0.1, -0.05) is 6.07 Å². The monoisotopic (exact) mass is 496 g/mol. The number of piperazine rings is 1. The summed E-state index contributed by atoms with van der Waals surface area (Å²) in [5, 5.41) is 4.10. The third-order valence-electron chi connectivity index (χ3n) is 7.33. The lowest BCUT2D eigenvalue weighted by molar-refractivity contribution is 0.102. The first-order valence-corrected chi connectivity index (χ1v) is 12.9. The summed E-state index contributed by atoms with van der Waals surface area (Å²) < 4.78 is 5.44. The van der Waals surface area contributed by atoms with Crippen molar-refractivity contribution in [1.82, 2.24) is 14.9 Å². The highest BCUT2D eigenvalue weighted by Gasteiger charge is 2.16. The molecule has 1 amide bonds. The van der Waals surface area contributed by atoms with E-state index in [0.717, 1.165) is 86.0 Å². The number of H-pyrrole nitrogens is 1. The van der Waals surface area contributed by atoms with E-state index in [-0.39, 0.29) is 5.91 Å². The molecule has 0 bridgehead atoms.